The van der Waals surface area contributed by atoms with E-state index in [2.05, 4.69) is 15.3 Å². The van der Waals surface area contributed by atoms with Crippen molar-refractivity contribution in [2.75, 3.05) is 0 Å². The van der Waals surface area contributed by atoms with E-state index in [1.807, 2.05) is 47.8 Å². The molecule has 0 unspecified atom stereocenters. The molecule has 116 valence electrons. The number of aromatic nitrogens is 2. The highest BCUT2D eigenvalue weighted by atomic mass is 32.1. The van der Waals surface area contributed by atoms with Gasteiger partial charge in [0.25, 0.3) is 0 Å². The molecule has 0 bridgehead atoms. The molecule has 0 aliphatic carbocycles. The zero-order chi connectivity index (χ0) is 15.9. The van der Waals surface area contributed by atoms with Crippen LogP contribution >= 0.6 is 11.3 Å². The Balaban J connectivity index is 1.49. The van der Waals surface area contributed by atoms with Gasteiger partial charge < -0.3 is 5.32 Å². The Morgan fingerprint density at radius 3 is 2.65 bits per heavy atom. The number of thiazole rings is 1. The minimum Gasteiger partial charge on any atom is -0.350 e. The number of amides is 1. The molecule has 3 aromatic rings. The summed E-state index contributed by atoms with van der Waals surface area (Å²) in [4.78, 5) is 20.5. The maximum absolute atomic E-state index is 11.9. The van der Waals surface area contributed by atoms with Gasteiger partial charge in [0.15, 0.2) is 0 Å². The van der Waals surface area contributed by atoms with Gasteiger partial charge in [-0.05, 0) is 24.1 Å². The van der Waals surface area contributed by atoms with Crippen molar-refractivity contribution >= 4 is 17.2 Å². The third-order valence-corrected chi connectivity index (χ3v) is 4.30. The van der Waals surface area contributed by atoms with Crippen molar-refractivity contribution in [3.63, 3.8) is 0 Å². The van der Waals surface area contributed by atoms with Gasteiger partial charge in [0, 0.05) is 29.8 Å². The molecule has 2 aromatic heterocycles. The average Bonchev–Trinajstić information content (AvgIpc) is 3.09. The Hall–Kier alpha value is -2.53. The third kappa shape index (κ3) is 4.47. The van der Waals surface area contributed by atoms with Crippen LogP contribution in [0.4, 0.5) is 0 Å². The van der Waals surface area contributed by atoms with Crippen LogP contribution in [0.2, 0.25) is 0 Å². The molecule has 5 heteroatoms. The molecule has 1 amide bonds. The van der Waals surface area contributed by atoms with E-state index in [4.69, 9.17) is 0 Å². The largest absolute Gasteiger partial charge is 0.350 e. The molecular formula is C18H17N3OS. The number of nitrogens with one attached hydrogen (secondary N) is 1. The Morgan fingerprint density at radius 2 is 1.87 bits per heavy atom. The SMILES string of the molecule is O=C(CCc1ccccc1)NCc1nc(-c2ccncc2)cs1. The lowest BCUT2D eigenvalue weighted by atomic mass is 10.1. The van der Waals surface area contributed by atoms with E-state index in [9.17, 15) is 4.79 Å². The molecule has 0 fully saturated rings. The number of hydrogen-bond donors (Lipinski definition) is 1. The van der Waals surface area contributed by atoms with Crippen LogP contribution in [0, 0.1) is 0 Å². The Labute approximate surface area is 139 Å². The average molecular weight is 323 g/mol. The molecule has 0 spiro atoms. The first-order chi connectivity index (χ1) is 11.3. The molecule has 0 aliphatic rings. The third-order valence-electron chi connectivity index (χ3n) is 3.45. The van der Waals surface area contributed by atoms with E-state index in [0.717, 1.165) is 22.7 Å². The number of carbonyl (C=O) groups is 1. The second-order valence-corrected chi connectivity index (χ2v) is 6.07. The summed E-state index contributed by atoms with van der Waals surface area (Å²) in [5.74, 6) is 0.0505. The van der Waals surface area contributed by atoms with E-state index < -0.39 is 0 Å². The van der Waals surface area contributed by atoms with Gasteiger partial charge in [0.1, 0.15) is 5.01 Å². The smallest absolute Gasteiger partial charge is 0.220 e. The Morgan fingerprint density at radius 1 is 1.09 bits per heavy atom. The van der Waals surface area contributed by atoms with Crippen molar-refractivity contribution in [2.24, 2.45) is 0 Å². The number of benzene rings is 1. The fourth-order valence-electron chi connectivity index (χ4n) is 2.21. The number of nitrogens with zero attached hydrogens (tertiary/aromatic N) is 2. The predicted octanol–water partition coefficient (Wildman–Crippen LogP) is 3.45. The highest BCUT2D eigenvalue weighted by molar-refractivity contribution is 7.09. The number of rotatable bonds is 6. The lowest BCUT2D eigenvalue weighted by Crippen LogP contribution is -2.22. The molecule has 23 heavy (non-hydrogen) atoms. The first kappa shape index (κ1) is 15.4. The van der Waals surface area contributed by atoms with Crippen molar-refractivity contribution in [1.82, 2.24) is 15.3 Å². The molecule has 0 radical (unpaired) electrons. The summed E-state index contributed by atoms with van der Waals surface area (Å²) < 4.78 is 0. The molecule has 1 N–H and O–H groups in total. The van der Waals surface area contributed by atoms with Crippen molar-refractivity contribution in [2.45, 2.75) is 19.4 Å². The summed E-state index contributed by atoms with van der Waals surface area (Å²) >= 11 is 1.55. The summed E-state index contributed by atoms with van der Waals surface area (Å²) in [6, 6.07) is 13.9. The number of carbonyl (C=O) groups excluding carboxylic acids is 1. The molecule has 1 aromatic carbocycles. The fraction of sp³-hybridized carbons (Fsp3) is 0.167. The van der Waals surface area contributed by atoms with Crippen molar-refractivity contribution in [1.29, 1.82) is 0 Å². The molecule has 3 rings (SSSR count). The summed E-state index contributed by atoms with van der Waals surface area (Å²) in [5, 5.41) is 5.84. The fourth-order valence-corrected chi connectivity index (χ4v) is 2.96. The predicted molar refractivity (Wildman–Crippen MR) is 92.0 cm³/mol. The first-order valence-corrected chi connectivity index (χ1v) is 8.34. The summed E-state index contributed by atoms with van der Waals surface area (Å²) in [6.07, 6.45) is 4.75. The minimum atomic E-state index is 0.0505. The van der Waals surface area contributed by atoms with Crippen LogP contribution in [0.15, 0.2) is 60.2 Å². The van der Waals surface area contributed by atoms with Crippen molar-refractivity contribution in [3.8, 4) is 11.3 Å². The van der Waals surface area contributed by atoms with Crippen LogP contribution in [-0.2, 0) is 17.8 Å². The summed E-state index contributed by atoms with van der Waals surface area (Å²) in [6.45, 7) is 0.476. The van der Waals surface area contributed by atoms with Gasteiger partial charge in [0.05, 0.1) is 12.2 Å². The molecule has 0 saturated carbocycles. The quantitative estimate of drug-likeness (QED) is 0.756. The maximum Gasteiger partial charge on any atom is 0.220 e. The zero-order valence-electron chi connectivity index (χ0n) is 12.6. The minimum absolute atomic E-state index is 0.0505. The van der Waals surface area contributed by atoms with Gasteiger partial charge in [-0.3, -0.25) is 9.78 Å². The number of aryl methyl sites for hydroxylation is 1. The lowest BCUT2D eigenvalue weighted by molar-refractivity contribution is -0.121. The number of hydrogen-bond acceptors (Lipinski definition) is 4. The van der Waals surface area contributed by atoms with Crippen molar-refractivity contribution in [3.05, 3.63) is 70.8 Å². The van der Waals surface area contributed by atoms with E-state index in [1.165, 1.54) is 5.56 Å². The van der Waals surface area contributed by atoms with Crippen molar-refractivity contribution < 1.29 is 4.79 Å². The molecule has 0 atom stereocenters. The van der Waals surface area contributed by atoms with E-state index in [-0.39, 0.29) is 5.91 Å². The van der Waals surface area contributed by atoms with Crippen LogP contribution in [0.1, 0.15) is 17.0 Å². The molecular weight excluding hydrogens is 306 g/mol. The second-order valence-electron chi connectivity index (χ2n) is 5.12. The molecule has 4 nitrogen and oxygen atoms in total. The van der Waals surface area contributed by atoms with Gasteiger partial charge in [-0.25, -0.2) is 4.98 Å². The molecule has 2 heterocycles. The van der Waals surface area contributed by atoms with Gasteiger partial charge in [-0.1, -0.05) is 30.3 Å². The van der Waals surface area contributed by atoms with Gasteiger partial charge in [-0.15, -0.1) is 11.3 Å². The maximum atomic E-state index is 11.9. The molecule has 0 aliphatic heterocycles. The monoisotopic (exact) mass is 323 g/mol. The van der Waals surface area contributed by atoms with Gasteiger partial charge in [-0.2, -0.15) is 0 Å². The topological polar surface area (TPSA) is 54.9 Å². The molecule has 0 saturated heterocycles. The van der Waals surface area contributed by atoms with E-state index in [0.29, 0.717) is 13.0 Å². The van der Waals surface area contributed by atoms with Gasteiger partial charge >= 0.3 is 0 Å². The summed E-state index contributed by atoms with van der Waals surface area (Å²) in [5.41, 5.74) is 3.14. The van der Waals surface area contributed by atoms with Crippen LogP contribution in [0.25, 0.3) is 11.3 Å². The Bertz CT molecular complexity index is 756. The standard InChI is InChI=1S/C18H17N3OS/c22-17(7-6-14-4-2-1-3-5-14)20-12-18-21-16(13-23-18)15-8-10-19-11-9-15/h1-5,8-11,13H,6-7,12H2,(H,20,22). The zero-order valence-corrected chi connectivity index (χ0v) is 13.4. The van der Waals surface area contributed by atoms with E-state index in [1.54, 1.807) is 23.7 Å². The van der Waals surface area contributed by atoms with Gasteiger partial charge in [0.2, 0.25) is 5.91 Å². The highest BCUT2D eigenvalue weighted by Gasteiger charge is 2.06. The summed E-state index contributed by atoms with van der Waals surface area (Å²) in [7, 11) is 0. The van der Waals surface area contributed by atoms with Crippen LogP contribution < -0.4 is 5.32 Å². The lowest BCUT2D eigenvalue weighted by Gasteiger charge is -2.03. The first-order valence-electron chi connectivity index (χ1n) is 7.47. The second kappa shape index (κ2) is 7.65. The van der Waals surface area contributed by atoms with E-state index >= 15 is 0 Å². The number of pyridine rings is 1. The normalized spacial score (nSPS) is 10.4. The highest BCUT2D eigenvalue weighted by Crippen LogP contribution is 2.20. The Kier molecular flexibility index (Phi) is 5.11. The van der Waals surface area contributed by atoms with Crippen LogP contribution in [0.5, 0.6) is 0 Å². The van der Waals surface area contributed by atoms with Crippen LogP contribution in [0.3, 0.4) is 0 Å². The van der Waals surface area contributed by atoms with Crippen LogP contribution in [-0.4, -0.2) is 15.9 Å².